The van der Waals surface area contributed by atoms with Gasteiger partial charge >= 0.3 is 5.97 Å². The third-order valence-electron chi connectivity index (χ3n) is 3.27. The summed E-state index contributed by atoms with van der Waals surface area (Å²) in [6.45, 7) is -0.438. The van der Waals surface area contributed by atoms with E-state index in [4.69, 9.17) is 21.4 Å². The third-order valence-corrected chi connectivity index (χ3v) is 3.51. The molecule has 0 radical (unpaired) electrons. The molecule has 2 aromatic carbocycles. The summed E-state index contributed by atoms with van der Waals surface area (Å²) < 4.78 is 5.63. The van der Waals surface area contributed by atoms with Crippen molar-refractivity contribution in [1.29, 1.82) is 0 Å². The minimum atomic E-state index is -1.10. The first kappa shape index (κ1) is 15.1. The van der Waals surface area contributed by atoms with Gasteiger partial charge in [-0.3, -0.25) is 14.5 Å². The molecular weight excluding hydrogens is 318 g/mol. The topological polar surface area (TPSA) is 66.8 Å². The Balaban J connectivity index is 2.04. The monoisotopic (exact) mass is 329 g/mol. The Morgan fingerprint density at radius 2 is 2.00 bits per heavy atom. The van der Waals surface area contributed by atoms with Crippen LogP contribution in [0.3, 0.4) is 0 Å². The molecule has 1 heterocycles. The molecule has 6 heteroatoms. The SMILES string of the molecule is O=C(O)CN1C(=O)/C(=C/c2cccc(Cl)c2)Oc2ccccc21. The lowest BCUT2D eigenvalue weighted by Gasteiger charge is -2.29. The normalized spacial score (nSPS) is 15.3. The fourth-order valence-corrected chi connectivity index (χ4v) is 2.50. The zero-order valence-electron chi connectivity index (χ0n) is 11.9. The molecule has 0 saturated heterocycles. The molecule has 0 saturated carbocycles. The first-order valence-corrected chi connectivity index (χ1v) is 7.20. The zero-order valence-corrected chi connectivity index (χ0v) is 12.7. The molecule has 0 fully saturated rings. The van der Waals surface area contributed by atoms with Gasteiger partial charge in [-0.2, -0.15) is 0 Å². The van der Waals surface area contributed by atoms with Gasteiger partial charge in [-0.1, -0.05) is 35.9 Å². The number of benzene rings is 2. The fourth-order valence-electron chi connectivity index (χ4n) is 2.30. The number of fused-ring (bicyclic) bond motifs is 1. The van der Waals surface area contributed by atoms with Crippen LogP contribution < -0.4 is 9.64 Å². The number of carbonyl (C=O) groups is 2. The van der Waals surface area contributed by atoms with Crippen LogP contribution >= 0.6 is 11.6 Å². The molecule has 3 rings (SSSR count). The third kappa shape index (κ3) is 3.19. The largest absolute Gasteiger partial charge is 0.480 e. The Kier molecular flexibility index (Phi) is 4.04. The summed E-state index contributed by atoms with van der Waals surface area (Å²) in [6.07, 6.45) is 1.54. The van der Waals surface area contributed by atoms with Crippen LogP contribution in [0.4, 0.5) is 5.69 Å². The van der Waals surface area contributed by atoms with Crippen LogP contribution in [0.15, 0.2) is 54.3 Å². The molecule has 1 aliphatic rings. The number of amides is 1. The average molecular weight is 330 g/mol. The molecule has 1 aliphatic heterocycles. The van der Waals surface area contributed by atoms with E-state index in [1.54, 1.807) is 54.6 Å². The number of rotatable bonds is 3. The van der Waals surface area contributed by atoms with E-state index < -0.39 is 18.4 Å². The second-order valence-corrected chi connectivity index (χ2v) is 5.35. The van der Waals surface area contributed by atoms with Crippen molar-refractivity contribution in [3.63, 3.8) is 0 Å². The van der Waals surface area contributed by atoms with Gasteiger partial charge < -0.3 is 9.84 Å². The number of aliphatic carboxylic acids is 1. The summed E-state index contributed by atoms with van der Waals surface area (Å²) in [7, 11) is 0. The van der Waals surface area contributed by atoms with Crippen molar-refractivity contribution in [2.24, 2.45) is 0 Å². The van der Waals surface area contributed by atoms with Gasteiger partial charge in [0.15, 0.2) is 11.5 Å². The van der Waals surface area contributed by atoms with Gasteiger partial charge in [-0.25, -0.2) is 0 Å². The van der Waals surface area contributed by atoms with E-state index >= 15 is 0 Å². The molecular formula is C17H12ClNO4. The Morgan fingerprint density at radius 1 is 1.22 bits per heavy atom. The second-order valence-electron chi connectivity index (χ2n) is 4.92. The quantitative estimate of drug-likeness (QED) is 0.878. The van der Waals surface area contributed by atoms with Gasteiger partial charge in [0.1, 0.15) is 6.54 Å². The molecule has 23 heavy (non-hydrogen) atoms. The highest BCUT2D eigenvalue weighted by molar-refractivity contribution is 6.30. The van der Waals surface area contributed by atoms with Crippen molar-refractivity contribution in [2.45, 2.75) is 0 Å². The van der Waals surface area contributed by atoms with E-state index in [-0.39, 0.29) is 5.76 Å². The molecule has 0 atom stereocenters. The number of carbonyl (C=O) groups excluding carboxylic acids is 1. The smallest absolute Gasteiger partial charge is 0.323 e. The van der Waals surface area contributed by atoms with Gasteiger partial charge in [0.2, 0.25) is 0 Å². The predicted molar refractivity (Wildman–Crippen MR) is 86.5 cm³/mol. The molecule has 0 spiro atoms. The second kappa shape index (κ2) is 6.14. The van der Waals surface area contributed by atoms with Gasteiger partial charge in [-0.05, 0) is 35.9 Å². The summed E-state index contributed by atoms with van der Waals surface area (Å²) in [6, 6.07) is 13.7. The maximum Gasteiger partial charge on any atom is 0.323 e. The number of ether oxygens (including phenoxy) is 1. The van der Waals surface area contributed by atoms with Crippen molar-refractivity contribution >= 4 is 35.2 Å². The number of carboxylic acid groups (broad SMARTS) is 1. The van der Waals surface area contributed by atoms with E-state index in [0.29, 0.717) is 22.0 Å². The number of para-hydroxylation sites is 2. The first-order valence-electron chi connectivity index (χ1n) is 6.82. The van der Waals surface area contributed by atoms with Crippen LogP contribution in [-0.2, 0) is 9.59 Å². The lowest BCUT2D eigenvalue weighted by atomic mass is 10.1. The Hall–Kier alpha value is -2.79. The summed E-state index contributed by atoms with van der Waals surface area (Å²) in [5, 5.41) is 9.58. The number of hydrogen-bond donors (Lipinski definition) is 1. The number of anilines is 1. The van der Waals surface area contributed by atoms with Crippen LogP contribution in [0, 0.1) is 0 Å². The molecule has 0 aromatic heterocycles. The lowest BCUT2D eigenvalue weighted by Crippen LogP contribution is -2.40. The van der Waals surface area contributed by atoms with Gasteiger partial charge in [0.05, 0.1) is 5.69 Å². The average Bonchev–Trinajstić information content (AvgIpc) is 2.51. The number of halogens is 1. The first-order chi connectivity index (χ1) is 11.0. The van der Waals surface area contributed by atoms with E-state index in [1.807, 2.05) is 0 Å². The van der Waals surface area contributed by atoms with Crippen molar-refractivity contribution in [3.8, 4) is 5.75 Å². The molecule has 5 nitrogen and oxygen atoms in total. The molecule has 116 valence electrons. The highest BCUT2D eigenvalue weighted by Gasteiger charge is 2.31. The summed E-state index contributed by atoms with van der Waals surface area (Å²) in [5.41, 5.74) is 1.12. The van der Waals surface area contributed by atoms with Crippen LogP contribution in [-0.4, -0.2) is 23.5 Å². The zero-order chi connectivity index (χ0) is 16.4. The van der Waals surface area contributed by atoms with Crippen LogP contribution in [0.2, 0.25) is 5.02 Å². The van der Waals surface area contributed by atoms with Crippen molar-refractivity contribution in [2.75, 3.05) is 11.4 Å². The lowest BCUT2D eigenvalue weighted by molar-refractivity contribution is -0.136. The van der Waals surface area contributed by atoms with Crippen molar-refractivity contribution in [3.05, 3.63) is 64.9 Å². The fraction of sp³-hybridized carbons (Fsp3) is 0.0588. The molecule has 0 aliphatic carbocycles. The number of nitrogens with zero attached hydrogens (tertiary/aromatic N) is 1. The van der Waals surface area contributed by atoms with Crippen molar-refractivity contribution < 1.29 is 19.4 Å². The number of carboxylic acids is 1. The molecule has 0 unspecified atom stereocenters. The highest BCUT2D eigenvalue weighted by Crippen LogP contribution is 2.35. The van der Waals surface area contributed by atoms with E-state index in [2.05, 4.69) is 0 Å². The Morgan fingerprint density at radius 3 is 2.74 bits per heavy atom. The van der Waals surface area contributed by atoms with Crippen LogP contribution in [0.25, 0.3) is 6.08 Å². The molecule has 2 aromatic rings. The maximum atomic E-state index is 12.5. The molecule has 1 N–H and O–H groups in total. The highest BCUT2D eigenvalue weighted by atomic mass is 35.5. The molecule has 1 amide bonds. The minimum Gasteiger partial charge on any atom is -0.480 e. The maximum absolute atomic E-state index is 12.5. The van der Waals surface area contributed by atoms with Gasteiger partial charge in [0, 0.05) is 5.02 Å². The molecule has 0 bridgehead atoms. The van der Waals surface area contributed by atoms with Gasteiger partial charge in [-0.15, -0.1) is 0 Å². The minimum absolute atomic E-state index is 0.0483. The van der Waals surface area contributed by atoms with Crippen LogP contribution in [0.5, 0.6) is 5.75 Å². The standard InChI is InChI=1S/C17H12ClNO4/c18-12-5-3-4-11(8-12)9-15-17(22)19(10-16(20)21)13-6-1-2-7-14(13)23-15/h1-9H,10H2,(H,20,21)/b15-9-. The van der Waals surface area contributed by atoms with E-state index in [0.717, 1.165) is 0 Å². The van der Waals surface area contributed by atoms with Gasteiger partial charge in [0.25, 0.3) is 5.91 Å². The number of hydrogen-bond acceptors (Lipinski definition) is 3. The summed E-state index contributed by atoms with van der Waals surface area (Å²) in [5.74, 6) is -1.13. The summed E-state index contributed by atoms with van der Waals surface area (Å²) >= 11 is 5.93. The van der Waals surface area contributed by atoms with Crippen LogP contribution in [0.1, 0.15) is 5.56 Å². The van der Waals surface area contributed by atoms with Crippen molar-refractivity contribution in [1.82, 2.24) is 0 Å². The Labute approximate surface area is 137 Å². The van der Waals surface area contributed by atoms with E-state index in [1.165, 1.54) is 4.90 Å². The predicted octanol–water partition coefficient (Wildman–Crippen LogP) is 3.19. The summed E-state index contributed by atoms with van der Waals surface area (Å²) in [4.78, 5) is 24.8. The van der Waals surface area contributed by atoms with E-state index in [9.17, 15) is 9.59 Å². The Bertz CT molecular complexity index is 816.